The van der Waals surface area contributed by atoms with Gasteiger partial charge in [-0.3, -0.25) is 0 Å². The fourth-order valence-electron chi connectivity index (χ4n) is 0.999. The second-order valence-corrected chi connectivity index (χ2v) is 3.64. The second kappa shape index (κ2) is 8.53. The number of isocyanates is 2. The molecular formula is C10H12F4N2O3. The fraction of sp³-hybridized carbons (Fsp3) is 0.800. The summed E-state index contributed by atoms with van der Waals surface area (Å²) in [5.41, 5.74) is 0. The first kappa shape index (κ1) is 17.4. The molecule has 5 nitrogen and oxygen atoms in total. The van der Waals surface area contributed by atoms with Gasteiger partial charge in [0.25, 0.3) is 11.8 Å². The number of alkyl halides is 4. The normalized spacial score (nSPS) is 11.6. The summed E-state index contributed by atoms with van der Waals surface area (Å²) in [6.45, 7) is -2.92. The van der Waals surface area contributed by atoms with E-state index >= 15 is 0 Å². The number of rotatable bonds is 10. The van der Waals surface area contributed by atoms with Crippen LogP contribution in [0.2, 0.25) is 0 Å². The maximum atomic E-state index is 12.9. The number of hydrogen-bond donors (Lipinski definition) is 0. The van der Waals surface area contributed by atoms with Gasteiger partial charge in [-0.25, -0.2) is 27.2 Å². The SMILES string of the molecule is O=C=NCC(F)(F)CCOCCC(F)(F)CN=C=O. The Morgan fingerprint density at radius 1 is 0.842 bits per heavy atom. The van der Waals surface area contributed by atoms with Crippen molar-refractivity contribution in [2.45, 2.75) is 24.7 Å². The minimum absolute atomic E-state index is 0.450. The van der Waals surface area contributed by atoms with Crippen molar-refractivity contribution < 1.29 is 31.9 Å². The zero-order chi connectivity index (χ0) is 14.8. The molecular weight excluding hydrogens is 272 g/mol. The molecule has 0 fully saturated rings. The second-order valence-electron chi connectivity index (χ2n) is 3.64. The van der Waals surface area contributed by atoms with Crippen molar-refractivity contribution in [1.82, 2.24) is 0 Å². The molecule has 0 rings (SSSR count). The number of halogens is 4. The maximum absolute atomic E-state index is 12.9. The quantitative estimate of drug-likeness (QED) is 0.265. The third kappa shape index (κ3) is 10.1. The molecule has 0 aliphatic heterocycles. The van der Waals surface area contributed by atoms with Crippen molar-refractivity contribution in [2.24, 2.45) is 9.98 Å². The Bertz CT molecular complexity index is 330. The van der Waals surface area contributed by atoms with Gasteiger partial charge < -0.3 is 4.74 Å². The van der Waals surface area contributed by atoms with Crippen LogP contribution in [0.1, 0.15) is 12.8 Å². The van der Waals surface area contributed by atoms with Gasteiger partial charge in [0.15, 0.2) is 0 Å². The van der Waals surface area contributed by atoms with Crippen LogP contribution in [0.4, 0.5) is 17.6 Å². The van der Waals surface area contributed by atoms with Crippen molar-refractivity contribution in [3.63, 3.8) is 0 Å². The summed E-state index contributed by atoms with van der Waals surface area (Å²) in [6, 6.07) is 0. The molecule has 0 aliphatic rings. The van der Waals surface area contributed by atoms with E-state index in [0.717, 1.165) is 12.2 Å². The van der Waals surface area contributed by atoms with Crippen molar-refractivity contribution >= 4 is 12.2 Å². The Morgan fingerprint density at radius 2 is 1.21 bits per heavy atom. The van der Waals surface area contributed by atoms with Crippen LogP contribution >= 0.6 is 0 Å². The van der Waals surface area contributed by atoms with Crippen molar-refractivity contribution in [3.8, 4) is 0 Å². The van der Waals surface area contributed by atoms with Gasteiger partial charge >= 0.3 is 0 Å². The lowest BCUT2D eigenvalue weighted by atomic mass is 10.2. The van der Waals surface area contributed by atoms with Crippen LogP contribution in [0.25, 0.3) is 0 Å². The van der Waals surface area contributed by atoms with Crippen molar-refractivity contribution in [2.75, 3.05) is 26.3 Å². The van der Waals surface area contributed by atoms with Gasteiger partial charge in [0.2, 0.25) is 12.2 Å². The number of ether oxygens (including phenoxy) is 1. The molecule has 9 heteroatoms. The van der Waals surface area contributed by atoms with E-state index < -0.39 is 51.0 Å². The first-order valence-corrected chi connectivity index (χ1v) is 5.24. The summed E-state index contributed by atoms with van der Waals surface area (Å²) < 4.78 is 56.1. The summed E-state index contributed by atoms with van der Waals surface area (Å²) in [5, 5.41) is 0. The highest BCUT2D eigenvalue weighted by Crippen LogP contribution is 2.20. The number of nitrogens with zero attached hydrogens (tertiary/aromatic N) is 2. The number of aliphatic imine (C=N–C) groups is 2. The number of carbonyl (C=O) groups excluding carboxylic acids is 2. The maximum Gasteiger partial charge on any atom is 0.270 e. The molecule has 19 heavy (non-hydrogen) atoms. The fourth-order valence-corrected chi connectivity index (χ4v) is 0.999. The zero-order valence-corrected chi connectivity index (χ0v) is 9.87. The van der Waals surface area contributed by atoms with E-state index in [-0.39, 0.29) is 0 Å². The van der Waals surface area contributed by atoms with Gasteiger partial charge in [-0.2, -0.15) is 9.98 Å². The molecule has 0 heterocycles. The van der Waals surface area contributed by atoms with Gasteiger partial charge in [0.1, 0.15) is 13.1 Å². The van der Waals surface area contributed by atoms with E-state index in [1.54, 1.807) is 0 Å². The third-order valence-corrected chi connectivity index (χ3v) is 1.97. The molecule has 0 saturated heterocycles. The minimum Gasteiger partial charge on any atom is -0.381 e. The first-order chi connectivity index (χ1) is 8.83. The summed E-state index contributed by atoms with van der Waals surface area (Å²) in [6.07, 6.45) is 0.476. The molecule has 0 aromatic carbocycles. The average molecular weight is 284 g/mol. The van der Waals surface area contributed by atoms with E-state index in [1.165, 1.54) is 0 Å². The van der Waals surface area contributed by atoms with Crippen molar-refractivity contribution in [3.05, 3.63) is 0 Å². The lowest BCUT2D eigenvalue weighted by molar-refractivity contribution is -0.0465. The topological polar surface area (TPSA) is 68.1 Å². The van der Waals surface area contributed by atoms with E-state index in [0.29, 0.717) is 0 Å². The lowest BCUT2D eigenvalue weighted by Crippen LogP contribution is -2.25. The average Bonchev–Trinajstić information content (AvgIpc) is 2.33. The molecule has 0 bridgehead atoms. The van der Waals surface area contributed by atoms with Gasteiger partial charge in [-0.15, -0.1) is 0 Å². The van der Waals surface area contributed by atoms with Gasteiger partial charge in [-0.1, -0.05) is 0 Å². The molecule has 0 amide bonds. The molecule has 0 N–H and O–H groups in total. The zero-order valence-electron chi connectivity index (χ0n) is 9.87. The molecule has 0 aromatic heterocycles. The molecule has 0 saturated carbocycles. The summed E-state index contributed by atoms with van der Waals surface area (Å²) in [7, 11) is 0. The largest absolute Gasteiger partial charge is 0.381 e. The molecule has 0 unspecified atom stereocenters. The Hall–Kier alpha value is -1.56. The van der Waals surface area contributed by atoms with Gasteiger partial charge in [-0.05, 0) is 0 Å². The lowest BCUT2D eigenvalue weighted by Gasteiger charge is -2.15. The van der Waals surface area contributed by atoms with E-state index in [9.17, 15) is 27.2 Å². The summed E-state index contributed by atoms with van der Waals surface area (Å²) in [4.78, 5) is 24.8. The smallest absolute Gasteiger partial charge is 0.270 e. The van der Waals surface area contributed by atoms with Crippen LogP contribution in [0, 0.1) is 0 Å². The van der Waals surface area contributed by atoms with Crippen LogP contribution in [0.3, 0.4) is 0 Å². The van der Waals surface area contributed by atoms with Crippen LogP contribution in [-0.2, 0) is 14.3 Å². The van der Waals surface area contributed by atoms with Crippen LogP contribution in [-0.4, -0.2) is 50.3 Å². The minimum atomic E-state index is -3.23. The predicted molar refractivity (Wildman–Crippen MR) is 55.9 cm³/mol. The Morgan fingerprint density at radius 3 is 1.53 bits per heavy atom. The van der Waals surface area contributed by atoms with Crippen LogP contribution in [0.5, 0.6) is 0 Å². The monoisotopic (exact) mass is 284 g/mol. The molecule has 0 spiro atoms. The molecule has 0 aromatic rings. The van der Waals surface area contributed by atoms with E-state index in [2.05, 4.69) is 14.7 Å². The summed E-state index contributed by atoms with van der Waals surface area (Å²) in [5.74, 6) is -6.47. The van der Waals surface area contributed by atoms with E-state index in [1.807, 2.05) is 0 Å². The Kier molecular flexibility index (Phi) is 7.83. The highest BCUT2D eigenvalue weighted by Gasteiger charge is 2.30. The predicted octanol–water partition coefficient (Wildman–Crippen LogP) is 1.73. The molecule has 0 atom stereocenters. The van der Waals surface area contributed by atoms with Gasteiger partial charge in [0.05, 0.1) is 13.2 Å². The van der Waals surface area contributed by atoms with Crippen LogP contribution in [0.15, 0.2) is 9.98 Å². The standard InChI is InChI=1S/C10H12F4N2O3/c11-9(12,5-15-7-17)1-3-19-4-2-10(13,14)6-16-8-18/h1-6H2. The Labute approximate surface area is 106 Å². The third-order valence-electron chi connectivity index (χ3n) is 1.97. The molecule has 108 valence electrons. The highest BCUT2D eigenvalue weighted by molar-refractivity contribution is 5.33. The first-order valence-electron chi connectivity index (χ1n) is 5.24. The van der Waals surface area contributed by atoms with Crippen LogP contribution < -0.4 is 0 Å². The Balaban J connectivity index is 3.80. The van der Waals surface area contributed by atoms with E-state index in [4.69, 9.17) is 0 Å². The number of hydrogen-bond acceptors (Lipinski definition) is 5. The molecule has 0 radical (unpaired) electrons. The molecule has 0 aliphatic carbocycles. The summed E-state index contributed by atoms with van der Waals surface area (Å²) >= 11 is 0. The highest BCUT2D eigenvalue weighted by atomic mass is 19.3. The van der Waals surface area contributed by atoms with Gasteiger partial charge in [0, 0.05) is 12.8 Å². The van der Waals surface area contributed by atoms with Crippen molar-refractivity contribution in [1.29, 1.82) is 0 Å².